The summed E-state index contributed by atoms with van der Waals surface area (Å²) in [6.45, 7) is 0. The van der Waals surface area contributed by atoms with E-state index in [-0.39, 0.29) is 11.6 Å². The molecular formula is C11H10Cl2N2O2S. The molecule has 1 heterocycles. The summed E-state index contributed by atoms with van der Waals surface area (Å²) in [4.78, 5) is 4.12. The number of benzene rings is 1. The molecule has 2 aromatic rings. The molecule has 1 aromatic carbocycles. The van der Waals surface area contributed by atoms with Gasteiger partial charge in [0, 0.05) is 17.5 Å². The van der Waals surface area contributed by atoms with Crippen LogP contribution in [-0.2, 0) is 10.0 Å². The Morgan fingerprint density at radius 1 is 1.28 bits per heavy atom. The lowest BCUT2D eigenvalue weighted by Gasteiger charge is -2.10. The average molecular weight is 305 g/mol. The number of halogens is 2. The highest BCUT2D eigenvalue weighted by molar-refractivity contribution is 7.92. The Morgan fingerprint density at radius 3 is 2.78 bits per heavy atom. The highest BCUT2D eigenvalue weighted by atomic mass is 35.5. The summed E-state index contributed by atoms with van der Waals surface area (Å²) in [6.07, 6.45) is 1.60. The lowest BCUT2D eigenvalue weighted by atomic mass is 10.2. The minimum absolute atomic E-state index is 0.0408. The lowest BCUT2D eigenvalue weighted by molar-refractivity contribution is 0.602. The van der Waals surface area contributed by atoms with E-state index in [1.165, 1.54) is 0 Å². The van der Waals surface area contributed by atoms with Gasteiger partial charge < -0.3 is 0 Å². The van der Waals surface area contributed by atoms with Crippen LogP contribution in [-0.4, -0.2) is 25.0 Å². The van der Waals surface area contributed by atoms with E-state index in [0.717, 1.165) is 0 Å². The van der Waals surface area contributed by atoms with Gasteiger partial charge in [0.2, 0.25) is 10.0 Å². The van der Waals surface area contributed by atoms with E-state index in [1.807, 2.05) is 0 Å². The largest absolute Gasteiger partial charge is 0.283 e. The monoisotopic (exact) mass is 304 g/mol. The zero-order chi connectivity index (χ0) is 13.2. The predicted octanol–water partition coefficient (Wildman–Crippen LogP) is 2.87. The second-order valence-corrected chi connectivity index (χ2v) is 6.23. The van der Waals surface area contributed by atoms with Gasteiger partial charge in [0.15, 0.2) is 0 Å². The van der Waals surface area contributed by atoms with Crippen molar-refractivity contribution >= 4 is 49.8 Å². The zero-order valence-corrected chi connectivity index (χ0v) is 11.6. The van der Waals surface area contributed by atoms with Gasteiger partial charge in [0.1, 0.15) is 0 Å². The fourth-order valence-corrected chi connectivity index (χ4v) is 3.19. The number of sulfonamides is 1. The van der Waals surface area contributed by atoms with E-state index in [0.29, 0.717) is 21.6 Å². The van der Waals surface area contributed by atoms with Gasteiger partial charge in [-0.3, -0.25) is 9.71 Å². The highest BCUT2D eigenvalue weighted by Gasteiger charge is 2.12. The van der Waals surface area contributed by atoms with Gasteiger partial charge in [-0.05, 0) is 24.3 Å². The number of pyridine rings is 1. The standard InChI is InChI=1S/C11H10Cl2N2O2S/c12-5-7-18(16,17)15-10-4-3-9(13)11-8(10)2-1-6-14-11/h1-4,6,15H,5,7H2. The van der Waals surface area contributed by atoms with Crippen molar-refractivity contribution in [2.75, 3.05) is 16.4 Å². The number of hydrogen-bond donors (Lipinski definition) is 1. The maximum atomic E-state index is 11.7. The molecule has 96 valence electrons. The molecule has 0 aliphatic rings. The Hall–Kier alpha value is -1.04. The van der Waals surface area contributed by atoms with Gasteiger partial charge in [-0.25, -0.2) is 8.42 Å². The number of anilines is 1. The summed E-state index contributed by atoms with van der Waals surface area (Å²) in [5.41, 5.74) is 1.01. The van der Waals surface area contributed by atoms with Gasteiger partial charge in [-0.1, -0.05) is 11.6 Å². The van der Waals surface area contributed by atoms with Crippen LogP contribution in [0, 0.1) is 0 Å². The molecule has 0 aliphatic carbocycles. The van der Waals surface area contributed by atoms with Gasteiger partial charge in [0.25, 0.3) is 0 Å². The molecule has 0 saturated carbocycles. The maximum absolute atomic E-state index is 11.7. The number of alkyl halides is 1. The number of rotatable bonds is 4. The van der Waals surface area contributed by atoms with Gasteiger partial charge in [-0.15, -0.1) is 11.6 Å². The minimum Gasteiger partial charge on any atom is -0.283 e. The van der Waals surface area contributed by atoms with Crippen molar-refractivity contribution in [3.8, 4) is 0 Å². The molecular weight excluding hydrogens is 295 g/mol. The van der Waals surface area contributed by atoms with Gasteiger partial charge in [0.05, 0.1) is 22.0 Å². The van der Waals surface area contributed by atoms with E-state index in [4.69, 9.17) is 23.2 Å². The molecule has 0 aliphatic heterocycles. The van der Waals surface area contributed by atoms with Crippen LogP contribution in [0.25, 0.3) is 10.9 Å². The number of hydrogen-bond acceptors (Lipinski definition) is 3. The van der Waals surface area contributed by atoms with Crippen molar-refractivity contribution in [3.05, 3.63) is 35.5 Å². The van der Waals surface area contributed by atoms with E-state index in [2.05, 4.69) is 9.71 Å². The molecule has 1 N–H and O–H groups in total. The van der Waals surface area contributed by atoms with Crippen molar-refractivity contribution in [1.82, 2.24) is 4.98 Å². The third-order valence-electron chi connectivity index (χ3n) is 2.33. The summed E-state index contributed by atoms with van der Waals surface area (Å²) >= 11 is 11.4. The van der Waals surface area contributed by atoms with Crippen molar-refractivity contribution < 1.29 is 8.42 Å². The van der Waals surface area contributed by atoms with Gasteiger partial charge in [-0.2, -0.15) is 0 Å². The first kappa shape index (κ1) is 13.4. The summed E-state index contributed by atoms with van der Waals surface area (Å²) in [5, 5.41) is 1.13. The third kappa shape index (κ3) is 2.85. The molecule has 0 saturated heterocycles. The fraction of sp³-hybridized carbons (Fsp3) is 0.182. The van der Waals surface area contributed by atoms with Gasteiger partial charge >= 0.3 is 0 Å². The van der Waals surface area contributed by atoms with Crippen molar-refractivity contribution in [2.45, 2.75) is 0 Å². The summed E-state index contributed by atoms with van der Waals surface area (Å²) < 4.78 is 25.8. The Kier molecular flexibility index (Phi) is 3.94. The van der Waals surface area contributed by atoms with E-state index >= 15 is 0 Å². The normalized spacial score (nSPS) is 11.7. The SMILES string of the molecule is O=S(=O)(CCCl)Nc1ccc(Cl)c2ncccc12. The van der Waals surface area contributed by atoms with Crippen LogP contribution in [0.3, 0.4) is 0 Å². The molecule has 0 atom stereocenters. The molecule has 0 radical (unpaired) electrons. The Labute approximate surface area is 115 Å². The lowest BCUT2D eigenvalue weighted by Crippen LogP contribution is -2.17. The Balaban J connectivity index is 2.50. The predicted molar refractivity (Wildman–Crippen MR) is 74.9 cm³/mol. The first-order chi connectivity index (χ1) is 8.53. The topological polar surface area (TPSA) is 59.1 Å². The molecule has 4 nitrogen and oxygen atoms in total. The number of fused-ring (bicyclic) bond motifs is 1. The highest BCUT2D eigenvalue weighted by Crippen LogP contribution is 2.28. The smallest absolute Gasteiger partial charge is 0.233 e. The second kappa shape index (κ2) is 5.30. The molecule has 0 amide bonds. The first-order valence-electron chi connectivity index (χ1n) is 5.13. The number of nitrogens with one attached hydrogen (secondary N) is 1. The number of nitrogens with zero attached hydrogens (tertiary/aromatic N) is 1. The quantitative estimate of drug-likeness (QED) is 0.884. The van der Waals surface area contributed by atoms with Crippen LogP contribution >= 0.6 is 23.2 Å². The molecule has 0 unspecified atom stereocenters. The summed E-state index contributed by atoms with van der Waals surface area (Å²) in [7, 11) is -3.44. The molecule has 2 rings (SSSR count). The summed E-state index contributed by atoms with van der Waals surface area (Å²) in [6, 6.07) is 6.69. The molecule has 0 bridgehead atoms. The van der Waals surface area contributed by atoms with Crippen LogP contribution in [0.4, 0.5) is 5.69 Å². The van der Waals surface area contributed by atoms with Crippen LogP contribution in [0.2, 0.25) is 5.02 Å². The Morgan fingerprint density at radius 2 is 2.06 bits per heavy atom. The van der Waals surface area contributed by atoms with E-state index in [1.54, 1.807) is 30.5 Å². The van der Waals surface area contributed by atoms with Crippen LogP contribution in [0.1, 0.15) is 0 Å². The van der Waals surface area contributed by atoms with Crippen molar-refractivity contribution in [1.29, 1.82) is 0 Å². The fourth-order valence-electron chi connectivity index (χ4n) is 1.55. The minimum atomic E-state index is -3.44. The van der Waals surface area contributed by atoms with E-state index < -0.39 is 10.0 Å². The molecule has 0 spiro atoms. The summed E-state index contributed by atoms with van der Waals surface area (Å²) in [5.74, 6) is -0.0992. The molecule has 0 fully saturated rings. The van der Waals surface area contributed by atoms with Crippen molar-refractivity contribution in [2.24, 2.45) is 0 Å². The second-order valence-electron chi connectivity index (χ2n) is 3.60. The van der Waals surface area contributed by atoms with Crippen LogP contribution in [0.5, 0.6) is 0 Å². The van der Waals surface area contributed by atoms with Crippen LogP contribution < -0.4 is 4.72 Å². The Bertz CT molecular complexity index is 674. The van der Waals surface area contributed by atoms with Crippen LogP contribution in [0.15, 0.2) is 30.5 Å². The zero-order valence-electron chi connectivity index (χ0n) is 9.23. The van der Waals surface area contributed by atoms with E-state index in [9.17, 15) is 8.42 Å². The maximum Gasteiger partial charge on any atom is 0.233 e. The molecule has 18 heavy (non-hydrogen) atoms. The molecule has 7 heteroatoms. The van der Waals surface area contributed by atoms with Crippen molar-refractivity contribution in [3.63, 3.8) is 0 Å². The third-order valence-corrected chi connectivity index (χ3v) is 4.32. The number of aromatic nitrogens is 1. The molecule has 1 aromatic heterocycles. The average Bonchev–Trinajstić information content (AvgIpc) is 2.33. The first-order valence-corrected chi connectivity index (χ1v) is 7.69.